The van der Waals surface area contributed by atoms with Crippen molar-refractivity contribution in [3.8, 4) is 11.6 Å². The minimum Gasteiger partial charge on any atom is -0.497 e. The number of ether oxygens (including phenoxy) is 2. The van der Waals surface area contributed by atoms with E-state index in [2.05, 4.69) is 26.9 Å². The van der Waals surface area contributed by atoms with Gasteiger partial charge in [0.1, 0.15) is 34.9 Å². The number of hydrogen-bond acceptors (Lipinski definition) is 10. The zero-order chi connectivity index (χ0) is 34.4. The van der Waals surface area contributed by atoms with Gasteiger partial charge in [-0.1, -0.05) is 26.0 Å². The predicted molar refractivity (Wildman–Crippen MR) is 174 cm³/mol. The van der Waals surface area contributed by atoms with Crippen LogP contribution in [0, 0.1) is 17.8 Å². The lowest BCUT2D eigenvalue weighted by Crippen LogP contribution is -2.58. The average molecular weight is 687 g/mol. The number of fused-ring (bicyclic) bond motifs is 3. The normalized spacial score (nSPS) is 31.9. The summed E-state index contributed by atoms with van der Waals surface area (Å²) < 4.78 is 51.6. The molecule has 2 aromatic rings. The zero-order valence-corrected chi connectivity index (χ0v) is 28.2. The van der Waals surface area contributed by atoms with E-state index in [1.165, 1.54) is 11.1 Å². The number of nitrogens with two attached hydrogens (primary N) is 1. The van der Waals surface area contributed by atoms with Gasteiger partial charge in [-0.25, -0.2) is 22.8 Å². The van der Waals surface area contributed by atoms with Crippen molar-refractivity contribution < 1.29 is 36.7 Å². The van der Waals surface area contributed by atoms with Gasteiger partial charge in [-0.2, -0.15) is 0 Å². The van der Waals surface area contributed by atoms with E-state index >= 15 is 0 Å². The highest BCUT2D eigenvalue weighted by Crippen LogP contribution is 2.48. The van der Waals surface area contributed by atoms with E-state index in [1.54, 1.807) is 25.3 Å². The van der Waals surface area contributed by atoms with E-state index in [-0.39, 0.29) is 49.9 Å². The van der Waals surface area contributed by atoms with Gasteiger partial charge in [-0.3, -0.25) is 19.1 Å². The van der Waals surface area contributed by atoms with Gasteiger partial charge < -0.3 is 25.4 Å². The number of amides is 3. The number of rotatable bonds is 7. The monoisotopic (exact) mass is 686 g/mol. The lowest BCUT2D eigenvalue weighted by atomic mass is 9.88. The van der Waals surface area contributed by atoms with Crippen molar-refractivity contribution in [2.45, 2.75) is 87.3 Å². The van der Waals surface area contributed by atoms with Crippen LogP contribution in [0.4, 0.5) is 4.39 Å². The molecule has 4 N–H and O–H groups in total. The Hall–Kier alpha value is -3.85. The molecule has 3 heterocycles. The summed E-state index contributed by atoms with van der Waals surface area (Å²) in [7, 11) is -2.78. The number of benzene rings is 1. The summed E-state index contributed by atoms with van der Waals surface area (Å²) >= 11 is 0. The van der Waals surface area contributed by atoms with Crippen molar-refractivity contribution in [1.29, 1.82) is 0 Å². The van der Waals surface area contributed by atoms with Gasteiger partial charge in [0.05, 0.1) is 36.9 Å². The molecule has 4 aliphatic rings. The Kier molecular flexibility index (Phi) is 9.13. The molecule has 48 heavy (non-hydrogen) atoms. The van der Waals surface area contributed by atoms with Crippen LogP contribution in [-0.4, -0.2) is 89.8 Å². The third-order valence-electron chi connectivity index (χ3n) is 10.3. The smallest absolute Gasteiger partial charge is 0.259 e. The molecule has 7 atom stereocenters. The molecular formula is C33H43FN6O7S. The molecule has 15 heteroatoms. The van der Waals surface area contributed by atoms with Gasteiger partial charge in [0.2, 0.25) is 27.7 Å². The number of nitrogens with one attached hydrogen (secondary N) is 2. The van der Waals surface area contributed by atoms with Gasteiger partial charge in [0.15, 0.2) is 0 Å². The summed E-state index contributed by atoms with van der Waals surface area (Å²) in [5.41, 5.74) is 6.11. The van der Waals surface area contributed by atoms with Gasteiger partial charge in [-0.05, 0) is 62.5 Å². The summed E-state index contributed by atoms with van der Waals surface area (Å²) in [5, 5.41) is 2.80. The molecular weight excluding hydrogens is 643 g/mol. The van der Waals surface area contributed by atoms with Crippen LogP contribution in [0.1, 0.15) is 58.8 Å². The molecule has 1 saturated heterocycles. The summed E-state index contributed by atoms with van der Waals surface area (Å²) in [6.45, 7) is 2.93. The lowest BCUT2D eigenvalue weighted by Gasteiger charge is -2.30. The molecule has 2 aliphatic carbocycles. The highest BCUT2D eigenvalue weighted by atomic mass is 32.2. The third-order valence-corrected chi connectivity index (χ3v) is 12.5. The second kappa shape index (κ2) is 12.9. The maximum Gasteiger partial charge on any atom is 0.259 e. The van der Waals surface area contributed by atoms with E-state index in [0.29, 0.717) is 29.6 Å². The van der Waals surface area contributed by atoms with Crippen LogP contribution in [0.3, 0.4) is 0 Å². The lowest BCUT2D eigenvalue weighted by molar-refractivity contribution is -0.141. The summed E-state index contributed by atoms with van der Waals surface area (Å²) in [6.07, 6.45) is 7.21. The Morgan fingerprint density at radius 2 is 1.98 bits per heavy atom. The van der Waals surface area contributed by atoms with Crippen molar-refractivity contribution in [3.63, 3.8) is 0 Å². The molecule has 260 valence electrons. The first-order chi connectivity index (χ1) is 22.8. The average Bonchev–Trinajstić information content (AvgIpc) is 3.96. The van der Waals surface area contributed by atoms with Crippen LogP contribution < -0.4 is 25.2 Å². The van der Waals surface area contributed by atoms with Crippen molar-refractivity contribution in [3.05, 3.63) is 36.5 Å². The molecule has 3 amide bonds. The Morgan fingerprint density at radius 1 is 1.21 bits per heavy atom. The Bertz CT molecular complexity index is 1740. The number of allylic oxidation sites excluding steroid dienone is 1. The fourth-order valence-electron chi connectivity index (χ4n) is 6.90. The standard InChI is InChI=1S/C33H43FN6O7S/c1-19-6-4-5-7-21-15-33(21,31(43)39-48(44,45)32(18-34)10-11-32)38-29(41)26-14-23(17-40(26)30(42)28(35)20(2)12-19)47-27-16-36-24-9-8-22(46-3)13-25(24)37-27/h5,7-9,13,16,19-21,23,26,28H,4,6,10-12,14-15,17-18,35H2,1-3H3,(H,38,41)(H,39,43)/t19-,20-,21-,23-,26+,28+,33-/m1/s1. The van der Waals surface area contributed by atoms with Crippen LogP contribution in [0.25, 0.3) is 11.0 Å². The molecule has 2 saturated carbocycles. The zero-order valence-electron chi connectivity index (χ0n) is 27.4. The minimum atomic E-state index is -4.32. The van der Waals surface area contributed by atoms with Crippen LogP contribution >= 0.6 is 0 Å². The van der Waals surface area contributed by atoms with Crippen LogP contribution in [0.15, 0.2) is 36.5 Å². The molecule has 0 bridgehead atoms. The van der Waals surface area contributed by atoms with Gasteiger partial charge in [0, 0.05) is 18.4 Å². The van der Waals surface area contributed by atoms with Crippen molar-refractivity contribution in [2.24, 2.45) is 23.5 Å². The van der Waals surface area contributed by atoms with Gasteiger partial charge in [0.25, 0.3) is 5.91 Å². The van der Waals surface area contributed by atoms with E-state index < -0.39 is 68.8 Å². The second-order valence-corrected chi connectivity index (χ2v) is 16.0. The number of hydrogen-bond donors (Lipinski definition) is 3. The van der Waals surface area contributed by atoms with E-state index in [1.807, 2.05) is 19.1 Å². The number of aromatic nitrogens is 2. The summed E-state index contributed by atoms with van der Waals surface area (Å²) in [4.78, 5) is 52.0. The third kappa shape index (κ3) is 6.46. The number of halogens is 1. The topological polar surface area (TPSA) is 183 Å². The fraction of sp³-hybridized carbons (Fsp3) is 0.606. The number of sulfonamides is 1. The highest BCUT2D eigenvalue weighted by molar-refractivity contribution is 7.91. The maximum absolute atomic E-state index is 14.1. The molecule has 2 aliphatic heterocycles. The van der Waals surface area contributed by atoms with E-state index in [0.717, 1.165) is 6.42 Å². The quantitative estimate of drug-likeness (QED) is 0.365. The van der Waals surface area contributed by atoms with Crippen molar-refractivity contribution in [1.82, 2.24) is 24.9 Å². The van der Waals surface area contributed by atoms with Gasteiger partial charge in [-0.15, -0.1) is 0 Å². The predicted octanol–water partition coefficient (Wildman–Crippen LogP) is 2.15. The maximum atomic E-state index is 14.1. The molecule has 0 unspecified atom stereocenters. The number of nitrogens with zero attached hydrogens (tertiary/aromatic N) is 3. The Morgan fingerprint density at radius 3 is 2.69 bits per heavy atom. The summed E-state index contributed by atoms with van der Waals surface area (Å²) in [6, 6.07) is 3.30. The van der Waals surface area contributed by atoms with E-state index in [9.17, 15) is 27.2 Å². The molecule has 0 spiro atoms. The van der Waals surface area contributed by atoms with Crippen LogP contribution in [-0.2, 0) is 24.4 Å². The number of carbonyl (C=O) groups is 3. The first kappa shape index (κ1) is 34.0. The minimum absolute atomic E-state index is 0.0284. The Labute approximate surface area is 279 Å². The number of alkyl halides is 1. The molecule has 1 aromatic carbocycles. The molecule has 13 nitrogen and oxygen atoms in total. The molecule has 0 radical (unpaired) electrons. The first-order valence-corrected chi connectivity index (χ1v) is 17.9. The first-order valence-electron chi connectivity index (χ1n) is 16.5. The van der Waals surface area contributed by atoms with Crippen LogP contribution in [0.2, 0.25) is 0 Å². The molecule has 1 aromatic heterocycles. The molecule has 3 fully saturated rings. The SMILES string of the molecule is COc1ccc2ncc(O[C@@H]3C[C@H]4C(=O)N[C@]5(C(=O)NS(=O)(=O)C6(CF)CC6)C[C@H]5C=CCC[C@@H](C)C[C@@H](C)[C@H](N)C(=O)N4C3)nc2c1. The molecule has 6 rings (SSSR count). The highest BCUT2D eigenvalue weighted by Gasteiger charge is 2.64. The van der Waals surface area contributed by atoms with E-state index in [4.69, 9.17) is 15.2 Å². The number of methoxy groups -OCH3 is 1. The fourth-order valence-corrected chi connectivity index (χ4v) is 8.32. The largest absolute Gasteiger partial charge is 0.497 e. The van der Waals surface area contributed by atoms with Crippen molar-refractivity contribution >= 4 is 38.8 Å². The Balaban J connectivity index is 1.28. The second-order valence-electron chi connectivity index (χ2n) is 13.9. The summed E-state index contributed by atoms with van der Waals surface area (Å²) in [5.74, 6) is -1.60. The van der Waals surface area contributed by atoms with Gasteiger partial charge >= 0.3 is 0 Å². The number of carbonyl (C=O) groups excluding carboxylic acids is 3. The van der Waals surface area contributed by atoms with Crippen molar-refractivity contribution in [2.75, 3.05) is 20.3 Å². The van der Waals surface area contributed by atoms with Crippen LogP contribution in [0.5, 0.6) is 11.6 Å².